The van der Waals surface area contributed by atoms with Gasteiger partial charge in [0.15, 0.2) is 0 Å². The number of hydrogen-bond acceptors (Lipinski definition) is 2. The van der Waals surface area contributed by atoms with Crippen molar-refractivity contribution in [3.63, 3.8) is 0 Å². The number of carbonyl (C=O) groups is 1. The topological polar surface area (TPSA) is 30.0 Å². The van der Waals surface area contributed by atoms with Crippen LogP contribution in [-0.2, 0) is 6.42 Å². The highest BCUT2D eigenvalue weighted by Crippen LogP contribution is 2.19. The van der Waals surface area contributed by atoms with Crippen molar-refractivity contribution in [2.75, 3.05) is 0 Å². The van der Waals surface area contributed by atoms with Gasteiger partial charge in [0.05, 0.1) is 0 Å². The Morgan fingerprint density at radius 2 is 1.75 bits per heavy atom. The molecule has 0 fully saturated rings. The van der Waals surface area contributed by atoms with Gasteiger partial charge in [-0.05, 0) is 23.4 Å². The van der Waals surface area contributed by atoms with Crippen molar-refractivity contribution in [2.24, 2.45) is 0 Å². The number of nitrogens with zero attached hydrogens (tertiary/aromatic N) is 1. The first-order valence-corrected chi connectivity index (χ1v) is 6.77. The quantitative estimate of drug-likeness (QED) is 0.666. The van der Waals surface area contributed by atoms with Crippen molar-refractivity contribution < 1.29 is 4.79 Å². The SMILES string of the molecule is CCc1ccc(C(=O)c2nccc3ccccc23)cc1. The van der Waals surface area contributed by atoms with Crippen LogP contribution in [0.5, 0.6) is 0 Å². The minimum atomic E-state index is -0.0237. The smallest absolute Gasteiger partial charge is 0.211 e. The molecule has 0 spiro atoms. The molecule has 2 nitrogen and oxygen atoms in total. The van der Waals surface area contributed by atoms with Crippen molar-refractivity contribution >= 4 is 16.6 Å². The number of carbonyl (C=O) groups excluding carboxylic acids is 1. The summed E-state index contributed by atoms with van der Waals surface area (Å²) < 4.78 is 0. The Labute approximate surface area is 118 Å². The number of hydrogen-bond donors (Lipinski definition) is 0. The first-order valence-electron chi connectivity index (χ1n) is 6.77. The maximum absolute atomic E-state index is 12.6. The maximum atomic E-state index is 12.6. The van der Waals surface area contributed by atoms with Gasteiger partial charge in [-0.3, -0.25) is 9.78 Å². The van der Waals surface area contributed by atoms with Crippen LogP contribution in [0.15, 0.2) is 60.8 Å². The molecule has 0 unspecified atom stereocenters. The molecule has 0 bridgehead atoms. The van der Waals surface area contributed by atoms with Gasteiger partial charge in [0, 0.05) is 17.1 Å². The fraction of sp³-hybridized carbons (Fsp3) is 0.111. The molecule has 0 saturated heterocycles. The molecule has 98 valence electrons. The third-order valence-electron chi connectivity index (χ3n) is 3.51. The molecule has 2 aromatic carbocycles. The van der Waals surface area contributed by atoms with Crippen molar-refractivity contribution in [3.05, 3.63) is 77.6 Å². The maximum Gasteiger partial charge on any atom is 0.211 e. The van der Waals surface area contributed by atoms with E-state index in [1.165, 1.54) is 5.56 Å². The number of fused-ring (bicyclic) bond motifs is 1. The molecule has 0 amide bonds. The Morgan fingerprint density at radius 3 is 2.50 bits per heavy atom. The summed E-state index contributed by atoms with van der Waals surface area (Å²) >= 11 is 0. The van der Waals surface area contributed by atoms with Gasteiger partial charge < -0.3 is 0 Å². The monoisotopic (exact) mass is 261 g/mol. The van der Waals surface area contributed by atoms with Gasteiger partial charge in [0.25, 0.3) is 0 Å². The second-order valence-corrected chi connectivity index (χ2v) is 4.76. The van der Waals surface area contributed by atoms with Gasteiger partial charge in [-0.2, -0.15) is 0 Å². The molecule has 2 heteroatoms. The van der Waals surface area contributed by atoms with E-state index < -0.39 is 0 Å². The molecular weight excluding hydrogens is 246 g/mol. The van der Waals surface area contributed by atoms with E-state index in [0.29, 0.717) is 11.3 Å². The Morgan fingerprint density at radius 1 is 1.00 bits per heavy atom. The number of ketones is 1. The summed E-state index contributed by atoms with van der Waals surface area (Å²) in [5.74, 6) is -0.0237. The lowest BCUT2D eigenvalue weighted by Crippen LogP contribution is -2.04. The van der Waals surface area contributed by atoms with Gasteiger partial charge in [-0.15, -0.1) is 0 Å². The molecule has 3 aromatic rings. The number of pyridine rings is 1. The summed E-state index contributed by atoms with van der Waals surface area (Å²) in [6, 6.07) is 17.5. The molecule has 0 atom stereocenters. The Hall–Kier alpha value is -2.48. The zero-order valence-corrected chi connectivity index (χ0v) is 11.3. The lowest BCUT2D eigenvalue weighted by Gasteiger charge is -2.05. The first kappa shape index (κ1) is 12.5. The number of rotatable bonds is 3. The molecular formula is C18H15NO. The second-order valence-electron chi connectivity index (χ2n) is 4.76. The van der Waals surface area contributed by atoms with Crippen LogP contribution < -0.4 is 0 Å². The van der Waals surface area contributed by atoms with Crippen LogP contribution in [0.2, 0.25) is 0 Å². The van der Waals surface area contributed by atoms with Crippen molar-refractivity contribution in [2.45, 2.75) is 13.3 Å². The molecule has 1 heterocycles. The zero-order valence-electron chi connectivity index (χ0n) is 11.3. The van der Waals surface area contributed by atoms with Crippen molar-refractivity contribution in [1.82, 2.24) is 4.98 Å². The average molecular weight is 261 g/mol. The third-order valence-corrected chi connectivity index (χ3v) is 3.51. The summed E-state index contributed by atoms with van der Waals surface area (Å²) in [5.41, 5.74) is 2.44. The molecule has 3 rings (SSSR count). The van der Waals surface area contributed by atoms with E-state index >= 15 is 0 Å². The predicted octanol–water partition coefficient (Wildman–Crippen LogP) is 4.03. The Balaban J connectivity index is 2.07. The highest BCUT2D eigenvalue weighted by atomic mass is 16.1. The molecule has 0 saturated carbocycles. The Bertz CT molecular complexity index is 754. The summed E-state index contributed by atoms with van der Waals surface area (Å²) in [6.45, 7) is 2.10. The summed E-state index contributed by atoms with van der Waals surface area (Å²) in [4.78, 5) is 16.9. The van der Waals surface area contributed by atoms with Gasteiger partial charge in [0.1, 0.15) is 5.69 Å². The fourth-order valence-corrected chi connectivity index (χ4v) is 2.33. The van der Waals surface area contributed by atoms with Crippen LogP contribution in [0.1, 0.15) is 28.5 Å². The summed E-state index contributed by atoms with van der Waals surface area (Å²) in [6.07, 6.45) is 2.66. The van der Waals surface area contributed by atoms with Gasteiger partial charge in [-0.25, -0.2) is 0 Å². The number of benzene rings is 2. The van der Waals surface area contributed by atoms with E-state index in [2.05, 4.69) is 11.9 Å². The molecule has 20 heavy (non-hydrogen) atoms. The lowest BCUT2D eigenvalue weighted by atomic mass is 10.0. The minimum absolute atomic E-state index is 0.0237. The van der Waals surface area contributed by atoms with Gasteiger partial charge >= 0.3 is 0 Å². The number of aryl methyl sites for hydroxylation is 1. The van der Waals surface area contributed by atoms with Crippen LogP contribution in [0.25, 0.3) is 10.8 Å². The fourth-order valence-electron chi connectivity index (χ4n) is 2.33. The third kappa shape index (κ3) is 2.21. The van der Waals surface area contributed by atoms with E-state index in [4.69, 9.17) is 0 Å². The van der Waals surface area contributed by atoms with E-state index in [-0.39, 0.29) is 5.78 Å². The van der Waals surface area contributed by atoms with Gasteiger partial charge in [0.2, 0.25) is 5.78 Å². The molecule has 0 N–H and O–H groups in total. The normalized spacial score (nSPS) is 10.7. The highest BCUT2D eigenvalue weighted by molar-refractivity contribution is 6.14. The van der Waals surface area contributed by atoms with Crippen LogP contribution >= 0.6 is 0 Å². The van der Waals surface area contributed by atoms with Crippen LogP contribution in [0.3, 0.4) is 0 Å². The van der Waals surface area contributed by atoms with Crippen LogP contribution in [0.4, 0.5) is 0 Å². The van der Waals surface area contributed by atoms with E-state index in [1.54, 1.807) is 6.20 Å². The lowest BCUT2D eigenvalue weighted by molar-refractivity contribution is 0.103. The van der Waals surface area contributed by atoms with Gasteiger partial charge in [-0.1, -0.05) is 55.5 Å². The molecule has 1 aromatic heterocycles. The first-order chi connectivity index (χ1) is 9.79. The van der Waals surface area contributed by atoms with Crippen LogP contribution in [-0.4, -0.2) is 10.8 Å². The molecule has 0 radical (unpaired) electrons. The predicted molar refractivity (Wildman–Crippen MR) is 81.0 cm³/mol. The van der Waals surface area contributed by atoms with Crippen molar-refractivity contribution in [3.8, 4) is 0 Å². The van der Waals surface area contributed by atoms with Crippen LogP contribution in [0, 0.1) is 0 Å². The molecule has 0 aliphatic rings. The summed E-state index contributed by atoms with van der Waals surface area (Å²) in [7, 11) is 0. The molecule has 0 aliphatic heterocycles. The van der Waals surface area contributed by atoms with E-state index in [0.717, 1.165) is 17.2 Å². The Kier molecular flexibility index (Phi) is 3.30. The minimum Gasteiger partial charge on any atom is -0.287 e. The highest BCUT2D eigenvalue weighted by Gasteiger charge is 2.13. The number of aromatic nitrogens is 1. The largest absolute Gasteiger partial charge is 0.287 e. The summed E-state index contributed by atoms with van der Waals surface area (Å²) in [5, 5.41) is 1.94. The van der Waals surface area contributed by atoms with E-state index in [1.807, 2.05) is 54.6 Å². The standard InChI is InChI=1S/C18H15NO/c1-2-13-7-9-15(10-8-13)18(20)17-16-6-4-3-5-14(16)11-12-19-17/h3-12H,2H2,1H3. The van der Waals surface area contributed by atoms with Crippen molar-refractivity contribution in [1.29, 1.82) is 0 Å². The second kappa shape index (κ2) is 5.25. The zero-order chi connectivity index (χ0) is 13.9. The average Bonchev–Trinajstić information content (AvgIpc) is 2.54. The van der Waals surface area contributed by atoms with E-state index in [9.17, 15) is 4.79 Å². The molecule has 0 aliphatic carbocycles.